The summed E-state index contributed by atoms with van der Waals surface area (Å²) in [6.07, 6.45) is 0.932. The van der Waals surface area contributed by atoms with Gasteiger partial charge >= 0.3 is 0 Å². The van der Waals surface area contributed by atoms with Crippen LogP contribution in [0.2, 0.25) is 0 Å². The van der Waals surface area contributed by atoms with Crippen LogP contribution >= 0.6 is 0 Å². The molecule has 0 amide bonds. The Balaban J connectivity index is 0. The highest BCUT2D eigenvalue weighted by Gasteiger charge is 1.93. The monoisotopic (exact) mass is 164 g/mol. The molecule has 0 spiro atoms. The van der Waals surface area contributed by atoms with Gasteiger partial charge in [0.25, 0.3) is 5.97 Å². The van der Waals surface area contributed by atoms with Crippen molar-refractivity contribution >= 4 is 5.97 Å². The van der Waals surface area contributed by atoms with Crippen molar-refractivity contribution in [2.75, 3.05) is 13.7 Å². The van der Waals surface area contributed by atoms with E-state index in [-0.39, 0.29) is 12.7 Å². The highest BCUT2D eigenvalue weighted by Crippen LogP contribution is 1.90. The molecule has 0 bridgehead atoms. The Bertz CT molecular complexity index is 88.4. The summed E-state index contributed by atoms with van der Waals surface area (Å²) in [5, 5.41) is 15.7. The van der Waals surface area contributed by atoms with Gasteiger partial charge in [0.05, 0.1) is 6.10 Å². The molecule has 2 N–H and O–H groups in total. The minimum atomic E-state index is -0.833. The van der Waals surface area contributed by atoms with E-state index < -0.39 is 5.97 Å². The quantitative estimate of drug-likeness (QED) is 0.637. The average molecular weight is 164 g/mol. The summed E-state index contributed by atoms with van der Waals surface area (Å²) in [6, 6.07) is 0. The van der Waals surface area contributed by atoms with Crippen LogP contribution in [0.4, 0.5) is 0 Å². The molecule has 0 aliphatic heterocycles. The van der Waals surface area contributed by atoms with E-state index in [1.165, 1.54) is 0 Å². The molecule has 0 saturated carbocycles. The molecule has 0 aliphatic carbocycles. The lowest BCUT2D eigenvalue weighted by Crippen LogP contribution is -2.05. The van der Waals surface area contributed by atoms with Crippen molar-refractivity contribution in [3.63, 3.8) is 0 Å². The van der Waals surface area contributed by atoms with E-state index in [2.05, 4.69) is 0 Å². The Hall–Kier alpha value is -0.610. The third-order valence-electron chi connectivity index (χ3n) is 0.938. The molecule has 0 aromatic heterocycles. The standard InChI is InChI=1S/C5H12O2.C2H4O2/c1-5(7-2)3-4-6;1-2(3)4/h5-6H,3-4H2,1-2H3;1H3,(H,3,4). The number of carbonyl (C=O) groups is 1. The first-order valence-corrected chi connectivity index (χ1v) is 3.37. The molecule has 0 fully saturated rings. The predicted molar refractivity (Wildman–Crippen MR) is 41.5 cm³/mol. The Morgan fingerprint density at radius 2 is 2.00 bits per heavy atom. The van der Waals surface area contributed by atoms with Crippen molar-refractivity contribution in [2.24, 2.45) is 0 Å². The number of carboxylic acids is 1. The number of aliphatic carboxylic acids is 1. The number of hydrogen-bond donors (Lipinski definition) is 2. The number of aliphatic hydroxyl groups is 1. The second-order valence-corrected chi connectivity index (χ2v) is 2.08. The van der Waals surface area contributed by atoms with Gasteiger partial charge in [0.1, 0.15) is 0 Å². The van der Waals surface area contributed by atoms with Crippen LogP contribution in [0.5, 0.6) is 0 Å². The summed E-state index contributed by atoms with van der Waals surface area (Å²) >= 11 is 0. The Morgan fingerprint density at radius 1 is 1.64 bits per heavy atom. The second kappa shape index (κ2) is 9.39. The summed E-state index contributed by atoms with van der Waals surface area (Å²) in [5.41, 5.74) is 0. The van der Waals surface area contributed by atoms with Crippen molar-refractivity contribution < 1.29 is 19.7 Å². The summed E-state index contributed by atoms with van der Waals surface area (Å²) in [4.78, 5) is 9.00. The first-order chi connectivity index (χ1) is 5.04. The number of aliphatic hydroxyl groups excluding tert-OH is 1. The summed E-state index contributed by atoms with van der Waals surface area (Å²) in [6.45, 7) is 3.23. The minimum absolute atomic E-state index is 0.199. The van der Waals surface area contributed by atoms with Crippen LogP contribution in [0, 0.1) is 0 Å². The van der Waals surface area contributed by atoms with E-state index in [0.717, 1.165) is 13.3 Å². The van der Waals surface area contributed by atoms with Crippen molar-refractivity contribution in [1.29, 1.82) is 0 Å². The highest BCUT2D eigenvalue weighted by atomic mass is 16.5. The number of rotatable bonds is 3. The van der Waals surface area contributed by atoms with E-state index in [1.54, 1.807) is 7.11 Å². The average Bonchev–Trinajstić information content (AvgIpc) is 1.87. The van der Waals surface area contributed by atoms with Gasteiger partial charge in [-0.05, 0) is 13.3 Å². The molecule has 11 heavy (non-hydrogen) atoms. The maximum Gasteiger partial charge on any atom is 0.300 e. The smallest absolute Gasteiger partial charge is 0.300 e. The van der Waals surface area contributed by atoms with E-state index in [1.807, 2.05) is 6.92 Å². The third-order valence-corrected chi connectivity index (χ3v) is 0.938. The minimum Gasteiger partial charge on any atom is -0.481 e. The largest absolute Gasteiger partial charge is 0.481 e. The van der Waals surface area contributed by atoms with Crippen LogP contribution in [0.3, 0.4) is 0 Å². The summed E-state index contributed by atoms with van der Waals surface area (Å²) in [7, 11) is 1.64. The van der Waals surface area contributed by atoms with Crippen molar-refractivity contribution in [2.45, 2.75) is 26.4 Å². The van der Waals surface area contributed by atoms with Gasteiger partial charge < -0.3 is 14.9 Å². The maximum atomic E-state index is 9.00. The zero-order chi connectivity index (χ0) is 9.28. The van der Waals surface area contributed by atoms with Crippen molar-refractivity contribution in [3.8, 4) is 0 Å². The van der Waals surface area contributed by atoms with Crippen LogP contribution in [-0.2, 0) is 9.53 Å². The lowest BCUT2D eigenvalue weighted by Gasteiger charge is -2.04. The molecule has 1 unspecified atom stereocenters. The zero-order valence-electron chi connectivity index (χ0n) is 7.20. The molecule has 68 valence electrons. The fraction of sp³-hybridized carbons (Fsp3) is 0.857. The number of methoxy groups -OCH3 is 1. The Labute approximate surface area is 66.8 Å². The van der Waals surface area contributed by atoms with Crippen LogP contribution in [0.1, 0.15) is 20.3 Å². The lowest BCUT2D eigenvalue weighted by molar-refractivity contribution is -0.134. The van der Waals surface area contributed by atoms with Crippen molar-refractivity contribution in [3.05, 3.63) is 0 Å². The lowest BCUT2D eigenvalue weighted by atomic mass is 10.3. The van der Waals surface area contributed by atoms with Crippen LogP contribution in [0.25, 0.3) is 0 Å². The van der Waals surface area contributed by atoms with E-state index in [0.29, 0.717) is 0 Å². The highest BCUT2D eigenvalue weighted by molar-refractivity contribution is 5.62. The van der Waals surface area contributed by atoms with E-state index in [4.69, 9.17) is 19.7 Å². The van der Waals surface area contributed by atoms with E-state index in [9.17, 15) is 0 Å². The molecule has 0 aromatic carbocycles. The molecule has 0 saturated heterocycles. The molecule has 0 aromatic rings. The molecule has 0 heterocycles. The molecule has 0 rings (SSSR count). The second-order valence-electron chi connectivity index (χ2n) is 2.08. The number of ether oxygens (including phenoxy) is 1. The number of carboxylic acid groups (broad SMARTS) is 1. The van der Waals surface area contributed by atoms with E-state index >= 15 is 0 Å². The Morgan fingerprint density at radius 3 is 2.09 bits per heavy atom. The van der Waals surface area contributed by atoms with Gasteiger partial charge in [-0.1, -0.05) is 0 Å². The first-order valence-electron chi connectivity index (χ1n) is 3.37. The fourth-order valence-electron chi connectivity index (χ4n) is 0.300. The fourth-order valence-corrected chi connectivity index (χ4v) is 0.300. The topological polar surface area (TPSA) is 66.8 Å². The van der Waals surface area contributed by atoms with Gasteiger partial charge in [0, 0.05) is 20.6 Å². The van der Waals surface area contributed by atoms with Crippen molar-refractivity contribution in [1.82, 2.24) is 0 Å². The Kier molecular flexibility index (Phi) is 11.1. The number of hydrogen-bond acceptors (Lipinski definition) is 3. The van der Waals surface area contributed by atoms with Crippen LogP contribution in [-0.4, -0.2) is 36.0 Å². The van der Waals surface area contributed by atoms with Gasteiger partial charge in [0.2, 0.25) is 0 Å². The van der Waals surface area contributed by atoms with Crippen LogP contribution < -0.4 is 0 Å². The molecule has 4 nitrogen and oxygen atoms in total. The molecule has 1 atom stereocenters. The third kappa shape index (κ3) is 26.6. The van der Waals surface area contributed by atoms with Gasteiger partial charge in [-0.2, -0.15) is 0 Å². The molecule has 4 heteroatoms. The molecular formula is C7H16O4. The van der Waals surface area contributed by atoms with Gasteiger partial charge in [-0.15, -0.1) is 0 Å². The SMILES string of the molecule is CC(=O)O.COC(C)CCO. The summed E-state index contributed by atoms with van der Waals surface area (Å²) in [5.74, 6) is -0.833. The molecule has 0 aliphatic rings. The van der Waals surface area contributed by atoms with Gasteiger partial charge in [-0.25, -0.2) is 0 Å². The molecule has 0 radical (unpaired) electrons. The van der Waals surface area contributed by atoms with Crippen LogP contribution in [0.15, 0.2) is 0 Å². The van der Waals surface area contributed by atoms with Gasteiger partial charge in [0.15, 0.2) is 0 Å². The van der Waals surface area contributed by atoms with Gasteiger partial charge in [-0.3, -0.25) is 4.79 Å². The zero-order valence-corrected chi connectivity index (χ0v) is 7.20. The first kappa shape index (κ1) is 13.0. The summed E-state index contributed by atoms with van der Waals surface area (Å²) < 4.78 is 4.83. The maximum absolute atomic E-state index is 9.00. The predicted octanol–water partition coefficient (Wildman–Crippen LogP) is 0.495. The molecular weight excluding hydrogens is 148 g/mol. The normalized spacial score (nSPS) is 11.3.